The topological polar surface area (TPSA) is 67.3 Å². The Morgan fingerprint density at radius 1 is 1.12 bits per heavy atom. The maximum atomic E-state index is 12.7. The maximum absolute atomic E-state index is 12.7. The van der Waals surface area contributed by atoms with Crippen LogP contribution >= 0.6 is 0 Å². The van der Waals surface area contributed by atoms with Gasteiger partial charge in [0.15, 0.2) is 0 Å². The summed E-state index contributed by atoms with van der Waals surface area (Å²) in [4.78, 5) is 26.7. The second-order valence-corrected chi connectivity index (χ2v) is 6.61. The summed E-state index contributed by atoms with van der Waals surface area (Å²) in [7, 11) is 0. The van der Waals surface area contributed by atoms with Crippen LogP contribution in [0.15, 0.2) is 41.2 Å². The van der Waals surface area contributed by atoms with Crippen LogP contribution < -0.4 is 5.56 Å². The fourth-order valence-corrected chi connectivity index (χ4v) is 3.71. The van der Waals surface area contributed by atoms with Crippen molar-refractivity contribution < 1.29 is 9.53 Å². The molecule has 6 heteroatoms. The molecule has 1 aromatic carbocycles. The number of para-hydroxylation sites is 1. The first kappa shape index (κ1) is 15.2. The summed E-state index contributed by atoms with van der Waals surface area (Å²) in [6.45, 7) is 2.19. The smallest absolute Gasteiger partial charge is 0.271 e. The molecule has 2 saturated heterocycles. The number of H-pyrrole nitrogens is 1. The van der Waals surface area contributed by atoms with Crippen molar-refractivity contribution >= 4 is 5.91 Å². The number of nitrogens with zero attached hydrogens (tertiary/aromatic N) is 2. The fraction of sp³-hybridized carbons (Fsp3) is 0.444. The molecule has 0 atom stereocenters. The Morgan fingerprint density at radius 2 is 1.88 bits per heavy atom. The van der Waals surface area contributed by atoms with Crippen molar-refractivity contribution in [3.8, 4) is 5.69 Å². The van der Waals surface area contributed by atoms with Crippen LogP contribution in [0, 0.1) is 0 Å². The molecule has 2 fully saturated rings. The molecule has 2 aliphatic heterocycles. The van der Waals surface area contributed by atoms with Crippen LogP contribution in [0.4, 0.5) is 0 Å². The van der Waals surface area contributed by atoms with Crippen LogP contribution in [0.1, 0.15) is 36.2 Å². The molecule has 0 unspecified atom stereocenters. The molecule has 1 aromatic heterocycles. The lowest BCUT2D eigenvalue weighted by Gasteiger charge is -2.38. The Bertz CT molecular complexity index is 777. The Labute approximate surface area is 140 Å². The van der Waals surface area contributed by atoms with E-state index in [0.717, 1.165) is 38.0 Å². The van der Waals surface area contributed by atoms with E-state index < -0.39 is 0 Å². The Balaban J connectivity index is 1.50. The van der Waals surface area contributed by atoms with Crippen molar-refractivity contribution in [3.63, 3.8) is 0 Å². The van der Waals surface area contributed by atoms with Crippen LogP contribution in [-0.2, 0) is 4.74 Å². The van der Waals surface area contributed by atoms with E-state index in [9.17, 15) is 9.59 Å². The highest BCUT2D eigenvalue weighted by Gasteiger charge is 2.39. The predicted octanol–water partition coefficient (Wildman–Crippen LogP) is 1.95. The van der Waals surface area contributed by atoms with Gasteiger partial charge in [-0.1, -0.05) is 18.2 Å². The summed E-state index contributed by atoms with van der Waals surface area (Å²) in [5, 5.41) is 2.94. The second-order valence-electron chi connectivity index (χ2n) is 6.61. The Morgan fingerprint density at radius 3 is 2.54 bits per heavy atom. The molecule has 126 valence electrons. The number of carbonyl (C=O) groups excluding carboxylic acids is 1. The van der Waals surface area contributed by atoms with Crippen molar-refractivity contribution in [1.82, 2.24) is 14.7 Å². The number of hydrogen-bond donors (Lipinski definition) is 1. The molecule has 0 radical (unpaired) electrons. The molecule has 2 aromatic rings. The first-order valence-corrected chi connectivity index (χ1v) is 8.48. The van der Waals surface area contributed by atoms with Gasteiger partial charge in [0.05, 0.1) is 11.3 Å². The number of piperidine rings is 1. The molecule has 6 nitrogen and oxygen atoms in total. The summed E-state index contributed by atoms with van der Waals surface area (Å²) in [6, 6.07) is 10.6. The largest absolute Gasteiger partial charge is 0.375 e. The number of benzene rings is 1. The van der Waals surface area contributed by atoms with Crippen LogP contribution in [-0.4, -0.2) is 45.9 Å². The number of carbonyl (C=O) groups is 1. The van der Waals surface area contributed by atoms with E-state index in [-0.39, 0.29) is 17.1 Å². The third kappa shape index (κ3) is 2.67. The van der Waals surface area contributed by atoms with E-state index in [4.69, 9.17) is 4.74 Å². The summed E-state index contributed by atoms with van der Waals surface area (Å²) < 4.78 is 7.30. The van der Waals surface area contributed by atoms with Gasteiger partial charge in [0.2, 0.25) is 0 Å². The van der Waals surface area contributed by atoms with E-state index in [1.54, 1.807) is 0 Å². The third-order valence-corrected chi connectivity index (χ3v) is 5.11. The van der Waals surface area contributed by atoms with Crippen molar-refractivity contribution in [3.05, 3.63) is 52.4 Å². The number of ether oxygens (including phenoxy) is 1. The zero-order chi connectivity index (χ0) is 16.6. The monoisotopic (exact) mass is 327 g/mol. The molecule has 0 bridgehead atoms. The SMILES string of the molecule is O=C(c1cc(=O)n(-c2ccccc2)[nH]1)N1CCC2(CCCO2)CC1. The normalized spacial score (nSPS) is 19.8. The van der Waals surface area contributed by atoms with Crippen LogP contribution in [0.2, 0.25) is 0 Å². The predicted molar refractivity (Wildman–Crippen MR) is 89.4 cm³/mol. The maximum Gasteiger partial charge on any atom is 0.271 e. The van der Waals surface area contributed by atoms with Gasteiger partial charge in [0.25, 0.3) is 11.5 Å². The highest BCUT2D eigenvalue weighted by atomic mass is 16.5. The average molecular weight is 327 g/mol. The number of aromatic amines is 1. The number of aromatic nitrogens is 2. The minimum Gasteiger partial charge on any atom is -0.375 e. The second kappa shape index (κ2) is 5.94. The molecule has 0 saturated carbocycles. The molecule has 1 spiro atoms. The van der Waals surface area contributed by atoms with Crippen molar-refractivity contribution in [1.29, 1.82) is 0 Å². The van der Waals surface area contributed by atoms with Gasteiger partial charge < -0.3 is 9.64 Å². The number of rotatable bonds is 2. The van der Waals surface area contributed by atoms with Gasteiger partial charge in [-0.2, -0.15) is 0 Å². The summed E-state index contributed by atoms with van der Waals surface area (Å²) in [6.07, 6.45) is 3.96. The molecular weight excluding hydrogens is 306 g/mol. The first-order valence-electron chi connectivity index (χ1n) is 8.48. The van der Waals surface area contributed by atoms with Gasteiger partial charge in [0, 0.05) is 25.8 Å². The minimum absolute atomic E-state index is 0.0137. The Hall–Kier alpha value is -2.34. The number of likely N-dealkylation sites (tertiary alicyclic amines) is 1. The van der Waals surface area contributed by atoms with E-state index >= 15 is 0 Å². The number of hydrogen-bond acceptors (Lipinski definition) is 3. The van der Waals surface area contributed by atoms with Crippen molar-refractivity contribution in [2.45, 2.75) is 31.3 Å². The lowest BCUT2D eigenvalue weighted by molar-refractivity contribution is -0.0388. The van der Waals surface area contributed by atoms with Crippen LogP contribution in [0.3, 0.4) is 0 Å². The molecule has 4 rings (SSSR count). The minimum atomic E-state index is -0.225. The molecule has 1 amide bonds. The lowest BCUT2D eigenvalue weighted by atomic mass is 9.88. The lowest BCUT2D eigenvalue weighted by Crippen LogP contribution is -2.46. The van der Waals surface area contributed by atoms with Gasteiger partial charge in [0.1, 0.15) is 5.69 Å². The van der Waals surface area contributed by atoms with E-state index in [0.29, 0.717) is 18.8 Å². The molecule has 1 N–H and O–H groups in total. The number of amides is 1. The molecule has 0 aliphatic carbocycles. The first-order chi connectivity index (χ1) is 11.7. The van der Waals surface area contributed by atoms with Crippen molar-refractivity contribution in [2.75, 3.05) is 19.7 Å². The highest BCUT2D eigenvalue weighted by Crippen LogP contribution is 2.35. The van der Waals surface area contributed by atoms with Gasteiger partial charge in [-0.15, -0.1) is 0 Å². The molecule has 2 aliphatic rings. The molecular formula is C18H21N3O3. The fourth-order valence-electron chi connectivity index (χ4n) is 3.71. The summed E-state index contributed by atoms with van der Waals surface area (Å²) in [5.74, 6) is -0.116. The quantitative estimate of drug-likeness (QED) is 0.917. The van der Waals surface area contributed by atoms with Crippen LogP contribution in [0.25, 0.3) is 5.69 Å². The molecule has 3 heterocycles. The zero-order valence-electron chi connectivity index (χ0n) is 13.5. The van der Waals surface area contributed by atoms with Crippen LogP contribution in [0.5, 0.6) is 0 Å². The van der Waals surface area contributed by atoms with E-state index in [1.165, 1.54) is 10.7 Å². The van der Waals surface area contributed by atoms with Gasteiger partial charge >= 0.3 is 0 Å². The standard InChI is InChI=1S/C18H21N3O3/c22-16-13-15(19-21(16)14-5-2-1-3-6-14)17(23)20-10-8-18(9-11-20)7-4-12-24-18/h1-3,5-6,13,19H,4,7-12H2. The van der Waals surface area contributed by atoms with Gasteiger partial charge in [-0.25, -0.2) is 4.68 Å². The summed E-state index contributed by atoms with van der Waals surface area (Å²) in [5.41, 5.74) is 0.822. The van der Waals surface area contributed by atoms with Gasteiger partial charge in [-0.3, -0.25) is 14.7 Å². The third-order valence-electron chi connectivity index (χ3n) is 5.11. The van der Waals surface area contributed by atoms with Crippen molar-refractivity contribution in [2.24, 2.45) is 0 Å². The molecule has 24 heavy (non-hydrogen) atoms. The number of nitrogens with one attached hydrogen (secondary N) is 1. The summed E-state index contributed by atoms with van der Waals surface area (Å²) >= 11 is 0. The van der Waals surface area contributed by atoms with E-state index in [2.05, 4.69) is 5.10 Å². The average Bonchev–Trinajstić information content (AvgIpc) is 3.23. The zero-order valence-corrected chi connectivity index (χ0v) is 13.5. The highest BCUT2D eigenvalue weighted by molar-refractivity contribution is 5.92. The van der Waals surface area contributed by atoms with E-state index in [1.807, 2.05) is 35.2 Å². The Kier molecular flexibility index (Phi) is 3.76. The van der Waals surface area contributed by atoms with Gasteiger partial charge in [-0.05, 0) is 37.8 Å².